The second kappa shape index (κ2) is 18.4. The van der Waals surface area contributed by atoms with Crippen molar-refractivity contribution in [1.82, 2.24) is 5.53 Å². The van der Waals surface area contributed by atoms with Crippen LogP contribution in [0.5, 0.6) is 0 Å². The first-order valence-electron chi connectivity index (χ1n) is 10.8. The molecule has 0 saturated carbocycles. The molecule has 0 saturated heterocycles. The zero-order valence-electron chi connectivity index (χ0n) is 21.8. The number of nitrogens with zero attached hydrogens (tertiary/aromatic N) is 2. The molecule has 11 nitrogen and oxygen atoms in total. The van der Waals surface area contributed by atoms with Crippen molar-refractivity contribution in [1.29, 1.82) is 0 Å². The Kier molecular flexibility index (Phi) is 18.5. The van der Waals surface area contributed by atoms with Crippen molar-refractivity contribution in [2.45, 2.75) is 38.0 Å². The lowest BCUT2D eigenvalue weighted by molar-refractivity contribution is -1.09. The summed E-state index contributed by atoms with van der Waals surface area (Å²) >= 11 is 22.4. The number of hydrogen-bond acceptors (Lipinski definition) is 13. The van der Waals surface area contributed by atoms with Gasteiger partial charge in [0, 0.05) is 56.9 Å². The molecule has 0 aromatic carbocycles. The molecule has 0 amide bonds. The summed E-state index contributed by atoms with van der Waals surface area (Å²) < 4.78 is 43.7. The molecule has 1 N–H and O–H groups in total. The number of methoxy groups -OCH3 is 8. The lowest BCUT2D eigenvalue weighted by Gasteiger charge is -2.50. The second-order valence-electron chi connectivity index (χ2n) is 7.56. The Morgan fingerprint density at radius 2 is 0.829 bits per heavy atom. The van der Waals surface area contributed by atoms with Gasteiger partial charge in [0.05, 0.1) is 21.5 Å². The van der Waals surface area contributed by atoms with Crippen molar-refractivity contribution in [2.75, 3.05) is 83.1 Å². The van der Waals surface area contributed by atoms with Crippen LogP contribution in [0.3, 0.4) is 0 Å². The smallest absolute Gasteiger partial charge is 0.209 e. The number of ether oxygens (including phenoxy) is 8. The maximum atomic E-state index is 5.61. The lowest BCUT2D eigenvalue weighted by atomic mass is 10.3. The quantitative estimate of drug-likeness (QED) is 0.0731. The predicted octanol–water partition coefficient (Wildman–Crippen LogP) is 0.959. The molecule has 15 heteroatoms. The highest BCUT2D eigenvalue weighted by atomic mass is 32.1. The molecular formula is C20H41N3O8S4. The van der Waals surface area contributed by atoms with Gasteiger partial charge in [-0.05, 0) is 5.53 Å². The molecule has 0 fully saturated rings. The zero-order chi connectivity index (χ0) is 27.1. The molecule has 0 spiro atoms. The summed E-state index contributed by atoms with van der Waals surface area (Å²) in [5.74, 6) is 0. The van der Waals surface area contributed by atoms with Gasteiger partial charge in [-0.3, -0.25) is 0 Å². The van der Waals surface area contributed by atoms with E-state index in [0.29, 0.717) is 25.9 Å². The monoisotopic (exact) mass is 579 g/mol. The normalized spacial score (nSPS) is 15.7. The Bertz CT molecular complexity index is 561. The first-order chi connectivity index (χ1) is 16.6. The Hall–Kier alpha value is 0.180. The molecule has 0 rings (SSSR count). The van der Waals surface area contributed by atoms with Crippen molar-refractivity contribution < 1.29 is 47.1 Å². The third-order valence-electron chi connectivity index (χ3n) is 5.60. The van der Waals surface area contributed by atoms with Crippen LogP contribution in [-0.4, -0.2) is 126 Å². The summed E-state index contributed by atoms with van der Waals surface area (Å²) in [5.41, 5.74) is 3.53. The van der Waals surface area contributed by atoms with E-state index in [1.165, 1.54) is 28.4 Å². The van der Waals surface area contributed by atoms with Crippen LogP contribution in [0.25, 0.3) is 0 Å². The van der Waals surface area contributed by atoms with E-state index in [1.54, 1.807) is 28.4 Å². The number of quaternary nitrogens is 2. The Balaban J connectivity index is 6.61. The van der Waals surface area contributed by atoms with Crippen LogP contribution in [-0.2, 0) is 63.2 Å². The van der Waals surface area contributed by atoms with E-state index in [0.717, 1.165) is 0 Å². The summed E-state index contributed by atoms with van der Waals surface area (Å²) in [6.07, 6.45) is -1.37. The number of thiocarbonyl (C=S) groups is 2. The Morgan fingerprint density at radius 3 is 1.03 bits per heavy atom. The molecule has 0 heterocycles. The van der Waals surface area contributed by atoms with E-state index in [4.69, 9.17) is 87.6 Å². The van der Waals surface area contributed by atoms with Crippen molar-refractivity contribution in [3.8, 4) is 0 Å². The minimum atomic E-state index is -0.640. The van der Waals surface area contributed by atoms with Gasteiger partial charge in [-0.25, -0.2) is 0 Å². The SMILES string of the molecule is COC(CC[N+](CC(OC)OC)(N[N+](CCC(OC)OC)(CC(OC)OC)C(=S)[S-])C(=S)[S-])OC. The topological polar surface area (TPSA) is 85.9 Å². The molecule has 0 aliphatic rings. The van der Waals surface area contributed by atoms with Crippen LogP contribution in [0.4, 0.5) is 0 Å². The average molecular weight is 580 g/mol. The van der Waals surface area contributed by atoms with Gasteiger partial charge in [0.25, 0.3) is 0 Å². The fourth-order valence-electron chi connectivity index (χ4n) is 3.46. The minimum absolute atomic E-state index is 0.123. The molecule has 0 aromatic rings. The van der Waals surface area contributed by atoms with E-state index in [9.17, 15) is 0 Å². The van der Waals surface area contributed by atoms with Crippen LogP contribution in [0.2, 0.25) is 0 Å². The summed E-state index contributed by atoms with van der Waals surface area (Å²) in [7, 11) is 12.4. The molecule has 0 aliphatic heterocycles. The lowest BCUT2D eigenvalue weighted by Crippen LogP contribution is -2.78. The maximum Gasteiger partial charge on any atom is 0.209 e. The third kappa shape index (κ3) is 11.2. The van der Waals surface area contributed by atoms with Gasteiger partial charge in [0.1, 0.15) is 13.1 Å². The average Bonchev–Trinajstić information content (AvgIpc) is 2.85. The molecule has 0 bridgehead atoms. The fraction of sp³-hybridized carbons (Fsp3) is 0.900. The van der Waals surface area contributed by atoms with Crippen molar-refractivity contribution in [3.63, 3.8) is 0 Å². The van der Waals surface area contributed by atoms with E-state index in [-0.39, 0.29) is 30.9 Å². The van der Waals surface area contributed by atoms with Crippen LogP contribution in [0.1, 0.15) is 12.8 Å². The van der Waals surface area contributed by atoms with Crippen LogP contribution in [0.15, 0.2) is 0 Å². The Morgan fingerprint density at radius 1 is 0.571 bits per heavy atom. The Labute approximate surface area is 231 Å². The molecule has 2 unspecified atom stereocenters. The highest BCUT2D eigenvalue weighted by Gasteiger charge is 2.44. The third-order valence-corrected chi connectivity index (χ3v) is 7.00. The van der Waals surface area contributed by atoms with Crippen molar-refractivity contribution in [3.05, 3.63) is 0 Å². The summed E-state index contributed by atoms with van der Waals surface area (Å²) in [4.78, 5) is 0. The molecule has 0 aromatic heterocycles. The maximum absolute atomic E-state index is 5.61. The van der Waals surface area contributed by atoms with Gasteiger partial charge < -0.3 is 87.6 Å². The molecule has 0 aliphatic carbocycles. The zero-order valence-corrected chi connectivity index (χ0v) is 25.1. The molecule has 35 heavy (non-hydrogen) atoms. The fourth-order valence-corrected chi connectivity index (χ4v) is 4.29. The standard InChI is InChI=1S/C20H41N3O8S4/c1-24-15(25-2)9-11-22(19(32)33,13-17(28-5)29-6)21-23(20(34)35,14-18(30-7)31-8)12-10-16(26-3)27-4/h15-18,21H,9-14H2,1-8H3. The second-order valence-corrected chi connectivity index (χ2v) is 9.62. The van der Waals surface area contributed by atoms with Crippen LogP contribution < -0.4 is 5.53 Å². The van der Waals surface area contributed by atoms with E-state index in [2.05, 4.69) is 5.53 Å². The number of rotatable bonds is 20. The number of nitrogens with one attached hydrogen (secondary N) is 1. The molecule has 208 valence electrons. The van der Waals surface area contributed by atoms with Crippen molar-refractivity contribution in [2.24, 2.45) is 0 Å². The van der Waals surface area contributed by atoms with Gasteiger partial charge in [-0.2, -0.15) is 9.18 Å². The summed E-state index contributed by atoms with van der Waals surface area (Å²) in [5, 5.41) is 0. The number of hydrogen-bond donors (Lipinski definition) is 1. The first kappa shape index (κ1) is 35.2. The summed E-state index contributed by atoms with van der Waals surface area (Å²) in [6, 6.07) is 0. The molecule has 2 atom stereocenters. The highest BCUT2D eigenvalue weighted by Crippen LogP contribution is 2.21. The van der Waals surface area contributed by atoms with Gasteiger partial charge in [-0.15, -0.1) is 0 Å². The van der Waals surface area contributed by atoms with Crippen LogP contribution >= 0.6 is 24.4 Å². The summed E-state index contributed by atoms with van der Waals surface area (Å²) in [6.45, 7) is 1.16. The first-order valence-corrected chi connectivity index (χ1v) is 12.4. The minimum Gasteiger partial charge on any atom is -0.368 e. The van der Waals surface area contributed by atoms with Gasteiger partial charge in [0.2, 0.25) is 12.6 Å². The highest BCUT2D eigenvalue weighted by molar-refractivity contribution is 8.00. The van der Waals surface area contributed by atoms with E-state index >= 15 is 0 Å². The van der Waals surface area contributed by atoms with Gasteiger partial charge in [0.15, 0.2) is 25.7 Å². The van der Waals surface area contributed by atoms with Gasteiger partial charge >= 0.3 is 0 Å². The van der Waals surface area contributed by atoms with Crippen molar-refractivity contribution >= 4 is 58.3 Å². The van der Waals surface area contributed by atoms with E-state index < -0.39 is 25.2 Å². The van der Waals surface area contributed by atoms with Crippen LogP contribution in [0, 0.1) is 0 Å². The molecular weight excluding hydrogens is 539 g/mol. The largest absolute Gasteiger partial charge is 0.368 e. The van der Waals surface area contributed by atoms with E-state index in [1.807, 2.05) is 0 Å². The molecule has 0 radical (unpaired) electrons. The predicted molar refractivity (Wildman–Crippen MR) is 144 cm³/mol. The van der Waals surface area contributed by atoms with Gasteiger partial charge in [-0.1, -0.05) is 0 Å².